The zero-order valence-electron chi connectivity index (χ0n) is 18.8. The largest absolute Gasteiger partial charge is 0.478 e. The predicted octanol–water partition coefficient (Wildman–Crippen LogP) is 6.34. The van der Waals surface area contributed by atoms with Crippen molar-refractivity contribution < 1.29 is 15.0 Å². The summed E-state index contributed by atoms with van der Waals surface area (Å²) < 4.78 is 0. The molecule has 0 aromatic heterocycles. The molecule has 0 saturated carbocycles. The van der Waals surface area contributed by atoms with Crippen LogP contribution < -0.4 is 5.32 Å². The van der Waals surface area contributed by atoms with Crippen molar-refractivity contribution >= 4 is 30.0 Å². The van der Waals surface area contributed by atoms with Crippen molar-refractivity contribution in [2.45, 2.75) is 38.7 Å². The van der Waals surface area contributed by atoms with Crippen molar-refractivity contribution in [3.05, 3.63) is 94.0 Å². The van der Waals surface area contributed by atoms with Crippen LogP contribution in [-0.4, -0.2) is 29.3 Å². The van der Waals surface area contributed by atoms with E-state index in [-0.39, 0.29) is 12.4 Å². The van der Waals surface area contributed by atoms with Crippen molar-refractivity contribution in [2.24, 2.45) is 0 Å². The average molecular weight is 488 g/mol. The monoisotopic (exact) mass is 487 g/mol. The average Bonchev–Trinajstić information content (AvgIpc) is 2.80. The predicted molar refractivity (Wildman–Crippen MR) is 138 cm³/mol. The number of hydrogen-bond donors (Lipinski definition) is 3. The van der Waals surface area contributed by atoms with E-state index in [2.05, 4.69) is 36.5 Å². The highest BCUT2D eigenvalue weighted by Crippen LogP contribution is 2.27. The molecule has 176 valence electrons. The third-order valence-corrected chi connectivity index (χ3v) is 5.81. The van der Waals surface area contributed by atoms with E-state index >= 15 is 0 Å². The number of aliphatic hydroxyl groups is 1. The molecule has 0 radical (unpaired) electrons. The number of benzene rings is 3. The fourth-order valence-electron chi connectivity index (χ4n) is 3.74. The highest BCUT2D eigenvalue weighted by atomic mass is 35.5. The van der Waals surface area contributed by atoms with E-state index in [0.29, 0.717) is 17.1 Å². The highest BCUT2D eigenvalue weighted by Gasteiger charge is 2.11. The molecule has 4 nitrogen and oxygen atoms in total. The molecule has 0 aliphatic rings. The van der Waals surface area contributed by atoms with Crippen LogP contribution in [0.3, 0.4) is 0 Å². The molecule has 0 fully saturated rings. The van der Waals surface area contributed by atoms with Crippen molar-refractivity contribution in [2.75, 3.05) is 13.1 Å². The van der Waals surface area contributed by atoms with E-state index < -0.39 is 12.1 Å². The van der Waals surface area contributed by atoms with E-state index in [4.69, 9.17) is 11.6 Å². The van der Waals surface area contributed by atoms with E-state index in [1.807, 2.05) is 18.2 Å². The summed E-state index contributed by atoms with van der Waals surface area (Å²) in [5.74, 6) is -0.891. The number of rotatable bonds is 11. The standard InChI is InChI=1S/C27H30ClNO3.ClH/c1-2-3-5-21-16-23(27(31)32)12-13-25(21)20-10-8-19(9-11-20)14-15-29-18-26(30)22-6-4-7-24(28)17-22;/h4,6-13,16-17,26,29-30H,2-3,5,14-15,18H2,1H3,(H,31,32);1H/t26-;/m0./s1. The molecule has 3 N–H and O–H groups in total. The molecule has 6 heteroatoms. The van der Waals surface area contributed by atoms with E-state index in [1.165, 1.54) is 5.56 Å². The van der Waals surface area contributed by atoms with Gasteiger partial charge in [-0.25, -0.2) is 4.79 Å². The van der Waals surface area contributed by atoms with E-state index in [9.17, 15) is 15.0 Å². The molecule has 3 aromatic carbocycles. The van der Waals surface area contributed by atoms with Gasteiger partial charge < -0.3 is 15.5 Å². The van der Waals surface area contributed by atoms with Crippen LogP contribution in [0, 0.1) is 0 Å². The first-order valence-electron chi connectivity index (χ1n) is 11.1. The molecule has 0 bridgehead atoms. The number of aromatic carboxylic acids is 1. The number of nitrogens with one attached hydrogen (secondary N) is 1. The quantitative estimate of drug-likeness (QED) is 0.276. The lowest BCUT2D eigenvalue weighted by Gasteiger charge is -2.13. The van der Waals surface area contributed by atoms with Gasteiger partial charge in [0.15, 0.2) is 0 Å². The van der Waals surface area contributed by atoms with Gasteiger partial charge in [0, 0.05) is 11.6 Å². The summed E-state index contributed by atoms with van der Waals surface area (Å²) in [6.45, 7) is 3.36. The second-order valence-corrected chi connectivity index (χ2v) is 8.44. The molecular formula is C27H31Cl2NO3. The first-order valence-corrected chi connectivity index (χ1v) is 11.5. The van der Waals surface area contributed by atoms with Gasteiger partial charge in [0.1, 0.15) is 0 Å². The Hall–Kier alpha value is -2.37. The summed E-state index contributed by atoms with van der Waals surface area (Å²) in [7, 11) is 0. The highest BCUT2D eigenvalue weighted by molar-refractivity contribution is 6.30. The van der Waals surface area contributed by atoms with Crippen molar-refractivity contribution in [1.29, 1.82) is 0 Å². The molecule has 0 heterocycles. The maximum atomic E-state index is 11.4. The molecule has 0 aliphatic carbocycles. The second-order valence-electron chi connectivity index (χ2n) is 8.00. The van der Waals surface area contributed by atoms with Gasteiger partial charge in [-0.05, 0) is 77.9 Å². The fraction of sp³-hybridized carbons (Fsp3) is 0.296. The molecule has 33 heavy (non-hydrogen) atoms. The van der Waals surface area contributed by atoms with Gasteiger partial charge in [-0.15, -0.1) is 12.4 Å². The number of aryl methyl sites for hydroxylation is 1. The summed E-state index contributed by atoms with van der Waals surface area (Å²) in [4.78, 5) is 11.4. The topological polar surface area (TPSA) is 69.6 Å². The van der Waals surface area contributed by atoms with Crippen molar-refractivity contribution in [1.82, 2.24) is 5.32 Å². The third kappa shape index (κ3) is 7.86. The zero-order chi connectivity index (χ0) is 22.9. The van der Waals surface area contributed by atoms with Crippen LogP contribution in [0.15, 0.2) is 66.7 Å². The van der Waals surface area contributed by atoms with Crippen LogP contribution in [0.2, 0.25) is 5.02 Å². The summed E-state index contributed by atoms with van der Waals surface area (Å²) >= 11 is 5.99. The molecule has 0 unspecified atom stereocenters. The van der Waals surface area contributed by atoms with Crippen LogP contribution in [0.5, 0.6) is 0 Å². The lowest BCUT2D eigenvalue weighted by atomic mass is 9.93. The minimum absolute atomic E-state index is 0. The minimum Gasteiger partial charge on any atom is -0.478 e. The molecule has 0 aliphatic heterocycles. The molecule has 0 amide bonds. The van der Waals surface area contributed by atoms with Crippen molar-refractivity contribution in [3.8, 4) is 11.1 Å². The Morgan fingerprint density at radius 1 is 1.03 bits per heavy atom. The molecule has 3 aromatic rings. The molecule has 0 spiro atoms. The lowest BCUT2D eigenvalue weighted by molar-refractivity contribution is 0.0696. The number of carboxylic acid groups (broad SMARTS) is 1. The molecule has 0 saturated heterocycles. The zero-order valence-corrected chi connectivity index (χ0v) is 20.3. The van der Waals surface area contributed by atoms with Gasteiger partial charge in [0.2, 0.25) is 0 Å². The molecular weight excluding hydrogens is 457 g/mol. The van der Waals surface area contributed by atoms with E-state index in [1.54, 1.807) is 24.3 Å². The Morgan fingerprint density at radius 3 is 2.45 bits per heavy atom. The Bertz CT molecular complexity index is 1040. The number of unbranched alkanes of at least 4 members (excludes halogenated alkanes) is 1. The van der Waals surface area contributed by atoms with Crippen LogP contribution in [0.4, 0.5) is 0 Å². The lowest BCUT2D eigenvalue weighted by Crippen LogP contribution is -2.23. The van der Waals surface area contributed by atoms with Gasteiger partial charge in [-0.2, -0.15) is 0 Å². The Balaban J connectivity index is 0.00000385. The van der Waals surface area contributed by atoms with Gasteiger partial charge >= 0.3 is 5.97 Å². The Kier molecular flexibility index (Phi) is 10.9. The molecule has 3 rings (SSSR count). The SMILES string of the molecule is CCCCc1cc(C(=O)O)ccc1-c1ccc(CCNC[C@H](O)c2cccc(Cl)c2)cc1.Cl. The Morgan fingerprint density at radius 2 is 1.79 bits per heavy atom. The summed E-state index contributed by atoms with van der Waals surface area (Å²) in [6, 6.07) is 21.1. The first kappa shape index (κ1) is 26.9. The van der Waals surface area contributed by atoms with Gasteiger partial charge in [0.05, 0.1) is 11.7 Å². The number of aliphatic hydroxyl groups excluding tert-OH is 1. The first-order chi connectivity index (χ1) is 15.5. The fourth-order valence-corrected chi connectivity index (χ4v) is 3.94. The minimum atomic E-state index is -0.891. The second kappa shape index (κ2) is 13.4. The van der Waals surface area contributed by atoms with Crippen molar-refractivity contribution in [3.63, 3.8) is 0 Å². The normalized spacial score (nSPS) is 11.6. The summed E-state index contributed by atoms with van der Waals surface area (Å²) in [5.41, 5.74) is 5.62. The van der Waals surface area contributed by atoms with Gasteiger partial charge in [0.25, 0.3) is 0 Å². The van der Waals surface area contributed by atoms with Gasteiger partial charge in [-0.1, -0.05) is 67.4 Å². The molecule has 1 atom stereocenters. The van der Waals surface area contributed by atoms with Crippen LogP contribution in [0.1, 0.15) is 52.9 Å². The van der Waals surface area contributed by atoms with Crippen LogP contribution in [0.25, 0.3) is 11.1 Å². The van der Waals surface area contributed by atoms with Gasteiger partial charge in [-0.3, -0.25) is 0 Å². The number of carbonyl (C=O) groups is 1. The maximum absolute atomic E-state index is 11.4. The van der Waals surface area contributed by atoms with E-state index in [0.717, 1.165) is 54.5 Å². The summed E-state index contributed by atoms with van der Waals surface area (Å²) in [5, 5.41) is 23.5. The third-order valence-electron chi connectivity index (χ3n) is 5.58. The number of halogens is 2. The van der Waals surface area contributed by atoms with Crippen LogP contribution in [-0.2, 0) is 12.8 Å². The van der Waals surface area contributed by atoms with Crippen LogP contribution >= 0.6 is 24.0 Å². The maximum Gasteiger partial charge on any atom is 0.335 e. The number of hydrogen-bond acceptors (Lipinski definition) is 3. The number of carboxylic acids is 1. The summed E-state index contributed by atoms with van der Waals surface area (Å²) in [6.07, 6.45) is 3.22. The smallest absolute Gasteiger partial charge is 0.335 e. The Labute approximate surface area is 207 Å².